The van der Waals surface area contributed by atoms with Gasteiger partial charge in [0.05, 0.1) is 6.20 Å². The molecular formula is C12H10BrFN2S. The van der Waals surface area contributed by atoms with Gasteiger partial charge in [-0.2, -0.15) is 0 Å². The van der Waals surface area contributed by atoms with Gasteiger partial charge in [-0.3, -0.25) is 4.98 Å². The number of rotatable bonds is 3. The zero-order valence-electron chi connectivity index (χ0n) is 8.86. The third kappa shape index (κ3) is 3.44. The van der Waals surface area contributed by atoms with Crippen LogP contribution in [0.3, 0.4) is 0 Å². The number of nitrogen functional groups attached to an aromatic ring is 1. The molecule has 0 amide bonds. The number of aromatic nitrogens is 1. The van der Waals surface area contributed by atoms with Crippen molar-refractivity contribution >= 4 is 33.4 Å². The van der Waals surface area contributed by atoms with Crippen LogP contribution < -0.4 is 5.73 Å². The van der Waals surface area contributed by atoms with Crippen LogP contribution in [0.2, 0.25) is 0 Å². The van der Waals surface area contributed by atoms with Crippen LogP contribution in [0.4, 0.5) is 10.1 Å². The molecule has 0 aliphatic carbocycles. The predicted molar refractivity (Wildman–Crippen MR) is 72.3 cm³/mol. The average molecular weight is 313 g/mol. The molecule has 1 aromatic carbocycles. The lowest BCUT2D eigenvalue weighted by molar-refractivity contribution is 0.619. The fourth-order valence-corrected chi connectivity index (χ4v) is 2.77. The van der Waals surface area contributed by atoms with E-state index in [0.29, 0.717) is 5.75 Å². The molecule has 2 N–H and O–H groups in total. The van der Waals surface area contributed by atoms with Gasteiger partial charge in [-0.25, -0.2) is 4.39 Å². The normalized spacial score (nSPS) is 10.5. The van der Waals surface area contributed by atoms with Gasteiger partial charge in [0.2, 0.25) is 0 Å². The van der Waals surface area contributed by atoms with Crippen LogP contribution in [0, 0.1) is 5.82 Å². The lowest BCUT2D eigenvalue weighted by Crippen LogP contribution is -1.90. The largest absolute Gasteiger partial charge is 0.398 e. The molecule has 0 fully saturated rings. The maximum atomic E-state index is 12.9. The summed E-state index contributed by atoms with van der Waals surface area (Å²) in [7, 11) is 0. The second kappa shape index (κ2) is 5.51. The first-order valence-electron chi connectivity index (χ1n) is 4.92. The van der Waals surface area contributed by atoms with Crippen LogP contribution in [-0.4, -0.2) is 4.98 Å². The zero-order valence-corrected chi connectivity index (χ0v) is 11.3. The molecule has 2 aromatic rings. The summed E-state index contributed by atoms with van der Waals surface area (Å²) in [6.07, 6.45) is 2.85. The number of anilines is 1. The second-order valence-corrected chi connectivity index (χ2v) is 5.42. The molecule has 0 aliphatic rings. The molecule has 5 heteroatoms. The summed E-state index contributed by atoms with van der Waals surface area (Å²) in [5.74, 6) is 0.330. The van der Waals surface area contributed by atoms with E-state index in [1.54, 1.807) is 18.0 Å². The maximum Gasteiger partial charge on any atom is 0.141 e. The molecule has 0 saturated carbocycles. The van der Waals surface area contributed by atoms with Crippen molar-refractivity contribution in [2.75, 3.05) is 5.73 Å². The molecule has 0 atom stereocenters. The van der Waals surface area contributed by atoms with E-state index in [1.165, 1.54) is 12.3 Å². The Hall–Kier alpha value is -1.07. The topological polar surface area (TPSA) is 38.9 Å². The van der Waals surface area contributed by atoms with E-state index in [2.05, 4.69) is 20.9 Å². The number of thioether (sulfide) groups is 1. The summed E-state index contributed by atoms with van der Waals surface area (Å²) in [6.45, 7) is 0. The Bertz CT molecular complexity index is 534. The summed E-state index contributed by atoms with van der Waals surface area (Å²) in [5, 5.41) is 0. The molecule has 1 aromatic heterocycles. The highest BCUT2D eigenvalue weighted by Crippen LogP contribution is 2.30. The van der Waals surface area contributed by atoms with Gasteiger partial charge >= 0.3 is 0 Å². The van der Waals surface area contributed by atoms with E-state index in [9.17, 15) is 4.39 Å². The Morgan fingerprint density at radius 1 is 1.29 bits per heavy atom. The molecule has 0 unspecified atom stereocenters. The molecule has 0 radical (unpaired) electrons. The molecule has 0 spiro atoms. The molecule has 0 saturated heterocycles. The van der Waals surface area contributed by atoms with Crippen molar-refractivity contribution in [2.24, 2.45) is 0 Å². The highest BCUT2D eigenvalue weighted by molar-refractivity contribution is 9.10. The minimum Gasteiger partial charge on any atom is -0.398 e. The Morgan fingerprint density at radius 3 is 2.88 bits per heavy atom. The molecule has 0 aliphatic heterocycles. The molecule has 2 nitrogen and oxygen atoms in total. The van der Waals surface area contributed by atoms with Crippen molar-refractivity contribution in [2.45, 2.75) is 10.6 Å². The van der Waals surface area contributed by atoms with Gasteiger partial charge in [0.25, 0.3) is 0 Å². The molecule has 88 valence electrons. The first kappa shape index (κ1) is 12.4. The van der Waals surface area contributed by atoms with Crippen LogP contribution in [-0.2, 0) is 5.75 Å². The fourth-order valence-electron chi connectivity index (χ4n) is 1.33. The van der Waals surface area contributed by atoms with Gasteiger partial charge < -0.3 is 5.73 Å². The van der Waals surface area contributed by atoms with Crippen molar-refractivity contribution in [3.05, 3.63) is 52.5 Å². The summed E-state index contributed by atoms with van der Waals surface area (Å²) in [6, 6.07) is 7.17. The number of nitrogens with two attached hydrogens (primary N) is 1. The molecule has 0 bridgehead atoms. The minimum absolute atomic E-state index is 0.315. The summed E-state index contributed by atoms with van der Waals surface area (Å²) in [5.41, 5.74) is 7.42. The number of pyridine rings is 1. The van der Waals surface area contributed by atoms with Crippen molar-refractivity contribution in [3.8, 4) is 0 Å². The number of nitrogens with zero attached hydrogens (tertiary/aromatic N) is 1. The van der Waals surface area contributed by atoms with E-state index < -0.39 is 0 Å². The van der Waals surface area contributed by atoms with Gasteiger partial charge in [0.1, 0.15) is 5.82 Å². The Labute approximate surface area is 112 Å². The Morgan fingerprint density at radius 2 is 2.12 bits per heavy atom. The van der Waals surface area contributed by atoms with Crippen molar-refractivity contribution in [1.82, 2.24) is 4.98 Å². The fraction of sp³-hybridized carbons (Fsp3) is 0.0833. The zero-order chi connectivity index (χ0) is 12.3. The lowest BCUT2D eigenvalue weighted by Gasteiger charge is -2.06. The molecule has 2 rings (SSSR count). The third-order valence-corrected chi connectivity index (χ3v) is 3.77. The van der Waals surface area contributed by atoms with Gasteiger partial charge in [-0.15, -0.1) is 11.8 Å². The van der Waals surface area contributed by atoms with E-state index in [-0.39, 0.29) is 5.82 Å². The molecule has 17 heavy (non-hydrogen) atoms. The van der Waals surface area contributed by atoms with Crippen LogP contribution >= 0.6 is 27.7 Å². The van der Waals surface area contributed by atoms with Crippen LogP contribution in [0.1, 0.15) is 5.56 Å². The SMILES string of the molecule is Nc1ccc(Br)cc1SCc1cncc(F)c1. The predicted octanol–water partition coefficient (Wildman–Crippen LogP) is 3.86. The summed E-state index contributed by atoms with van der Waals surface area (Å²) >= 11 is 4.95. The average Bonchev–Trinajstić information content (AvgIpc) is 2.30. The van der Waals surface area contributed by atoms with Crippen LogP contribution in [0.25, 0.3) is 0 Å². The smallest absolute Gasteiger partial charge is 0.141 e. The van der Waals surface area contributed by atoms with Gasteiger partial charge in [0, 0.05) is 27.0 Å². The highest BCUT2D eigenvalue weighted by atomic mass is 79.9. The van der Waals surface area contributed by atoms with Crippen molar-refractivity contribution in [3.63, 3.8) is 0 Å². The number of hydrogen-bond donors (Lipinski definition) is 1. The molecule has 1 heterocycles. The van der Waals surface area contributed by atoms with Crippen LogP contribution in [0.15, 0.2) is 46.0 Å². The Kier molecular flexibility index (Phi) is 4.02. The lowest BCUT2D eigenvalue weighted by atomic mass is 10.3. The first-order chi connectivity index (χ1) is 8.15. The van der Waals surface area contributed by atoms with E-state index in [1.807, 2.05) is 18.2 Å². The first-order valence-corrected chi connectivity index (χ1v) is 6.70. The van der Waals surface area contributed by atoms with E-state index >= 15 is 0 Å². The van der Waals surface area contributed by atoms with Gasteiger partial charge in [-0.05, 0) is 29.8 Å². The van der Waals surface area contributed by atoms with E-state index in [4.69, 9.17) is 5.73 Å². The minimum atomic E-state index is -0.315. The summed E-state index contributed by atoms with van der Waals surface area (Å²) in [4.78, 5) is 4.78. The number of halogens is 2. The second-order valence-electron chi connectivity index (χ2n) is 3.48. The van der Waals surface area contributed by atoms with Crippen LogP contribution in [0.5, 0.6) is 0 Å². The quantitative estimate of drug-likeness (QED) is 0.691. The van der Waals surface area contributed by atoms with E-state index in [0.717, 1.165) is 20.6 Å². The van der Waals surface area contributed by atoms with Gasteiger partial charge in [-0.1, -0.05) is 15.9 Å². The number of hydrogen-bond acceptors (Lipinski definition) is 3. The van der Waals surface area contributed by atoms with Gasteiger partial charge in [0.15, 0.2) is 0 Å². The number of benzene rings is 1. The third-order valence-electron chi connectivity index (χ3n) is 2.13. The van der Waals surface area contributed by atoms with Crippen molar-refractivity contribution < 1.29 is 4.39 Å². The summed E-state index contributed by atoms with van der Waals surface area (Å²) < 4.78 is 13.9. The Balaban J connectivity index is 2.09. The monoisotopic (exact) mass is 312 g/mol. The molecular weight excluding hydrogens is 303 g/mol. The highest BCUT2D eigenvalue weighted by Gasteiger charge is 2.03. The maximum absolute atomic E-state index is 12.9. The standard InChI is InChI=1S/C12H10BrFN2S/c13-9-1-2-11(15)12(4-9)17-7-8-3-10(14)6-16-5-8/h1-6H,7,15H2. The van der Waals surface area contributed by atoms with Crippen molar-refractivity contribution in [1.29, 1.82) is 0 Å².